The third-order valence-corrected chi connectivity index (χ3v) is 3.86. The minimum atomic E-state index is 1.08. The molecular formula is C11H19N3S. The number of nitrogens with zero attached hydrogens (tertiary/aromatic N) is 2. The fraction of sp³-hybridized carbons (Fsp3) is 0.727. The third kappa shape index (κ3) is 3.00. The van der Waals surface area contributed by atoms with Gasteiger partial charge in [-0.25, -0.2) is 4.98 Å². The van der Waals surface area contributed by atoms with E-state index in [1.54, 1.807) is 0 Å². The lowest BCUT2D eigenvalue weighted by atomic mass is 10.3. The van der Waals surface area contributed by atoms with Crippen LogP contribution >= 0.6 is 11.3 Å². The van der Waals surface area contributed by atoms with Gasteiger partial charge in [0.05, 0.1) is 10.7 Å². The molecule has 1 aliphatic rings. The maximum Gasteiger partial charge on any atom is 0.0900 e. The molecule has 3 nitrogen and oxygen atoms in total. The quantitative estimate of drug-likeness (QED) is 0.828. The Balaban J connectivity index is 1.97. The molecule has 0 saturated carbocycles. The van der Waals surface area contributed by atoms with E-state index in [1.165, 1.54) is 28.5 Å². The Hall–Kier alpha value is -0.450. The number of hydrogen-bond donors (Lipinski definition) is 1. The van der Waals surface area contributed by atoms with Gasteiger partial charge >= 0.3 is 0 Å². The van der Waals surface area contributed by atoms with Crippen molar-refractivity contribution < 1.29 is 0 Å². The van der Waals surface area contributed by atoms with Crippen LogP contribution in [0.4, 0.5) is 0 Å². The summed E-state index contributed by atoms with van der Waals surface area (Å²) in [5, 5.41) is 4.62. The lowest BCUT2D eigenvalue weighted by Gasteiger charge is -2.18. The zero-order chi connectivity index (χ0) is 10.7. The van der Waals surface area contributed by atoms with E-state index in [0.29, 0.717) is 0 Å². The Kier molecular flexibility index (Phi) is 3.72. The maximum atomic E-state index is 4.48. The molecule has 0 atom stereocenters. The van der Waals surface area contributed by atoms with Gasteiger partial charge in [-0.15, -0.1) is 11.3 Å². The van der Waals surface area contributed by atoms with Crippen LogP contribution in [0, 0.1) is 13.8 Å². The van der Waals surface area contributed by atoms with Crippen LogP contribution in [0.1, 0.15) is 22.0 Å². The van der Waals surface area contributed by atoms with Crippen LogP contribution in [0.25, 0.3) is 0 Å². The summed E-state index contributed by atoms with van der Waals surface area (Å²) in [5.74, 6) is 0. The Morgan fingerprint density at radius 1 is 1.33 bits per heavy atom. The molecule has 0 bridgehead atoms. The normalized spacial score (nSPS) is 19.1. The van der Waals surface area contributed by atoms with Crippen molar-refractivity contribution in [3.8, 4) is 0 Å². The maximum absolute atomic E-state index is 4.48. The molecule has 0 radical (unpaired) electrons. The molecule has 0 aromatic carbocycles. The van der Waals surface area contributed by atoms with Crippen LogP contribution in [0.15, 0.2) is 0 Å². The molecule has 15 heavy (non-hydrogen) atoms. The summed E-state index contributed by atoms with van der Waals surface area (Å²) in [7, 11) is 0. The van der Waals surface area contributed by atoms with Crippen LogP contribution in [-0.4, -0.2) is 36.1 Å². The molecule has 1 N–H and O–H groups in total. The average Bonchev–Trinajstić information content (AvgIpc) is 2.44. The molecule has 0 spiro atoms. The summed E-state index contributed by atoms with van der Waals surface area (Å²) in [6.45, 7) is 9.95. The fourth-order valence-electron chi connectivity index (χ4n) is 1.98. The van der Waals surface area contributed by atoms with Gasteiger partial charge in [0.25, 0.3) is 0 Å². The minimum Gasteiger partial charge on any atom is -0.315 e. The van der Waals surface area contributed by atoms with E-state index in [2.05, 4.69) is 29.0 Å². The number of nitrogens with one attached hydrogen (secondary N) is 1. The van der Waals surface area contributed by atoms with E-state index in [1.807, 2.05) is 11.3 Å². The Morgan fingerprint density at radius 3 is 2.93 bits per heavy atom. The molecular weight excluding hydrogens is 206 g/mol. The molecule has 1 saturated heterocycles. The standard InChI is InChI=1S/C11H19N3S/c1-9-11(15-10(2)13-9)8-14-6-3-4-12-5-7-14/h12H,3-8H2,1-2H3. The summed E-state index contributed by atoms with van der Waals surface area (Å²) >= 11 is 1.84. The van der Waals surface area contributed by atoms with Crippen molar-refractivity contribution in [2.24, 2.45) is 0 Å². The smallest absolute Gasteiger partial charge is 0.0900 e. The van der Waals surface area contributed by atoms with Crippen LogP contribution in [0.3, 0.4) is 0 Å². The Morgan fingerprint density at radius 2 is 2.20 bits per heavy atom. The first-order chi connectivity index (χ1) is 7.25. The topological polar surface area (TPSA) is 28.2 Å². The Bertz CT molecular complexity index is 314. The van der Waals surface area contributed by atoms with Gasteiger partial charge in [0.1, 0.15) is 0 Å². The largest absolute Gasteiger partial charge is 0.315 e. The second kappa shape index (κ2) is 5.05. The highest BCUT2D eigenvalue weighted by atomic mass is 32.1. The van der Waals surface area contributed by atoms with Gasteiger partial charge in [0.15, 0.2) is 0 Å². The number of aryl methyl sites for hydroxylation is 2. The van der Waals surface area contributed by atoms with E-state index in [9.17, 15) is 0 Å². The summed E-state index contributed by atoms with van der Waals surface area (Å²) in [4.78, 5) is 8.44. The summed E-state index contributed by atoms with van der Waals surface area (Å²) in [6.07, 6.45) is 1.26. The molecule has 1 aromatic heterocycles. The van der Waals surface area contributed by atoms with Crippen molar-refractivity contribution in [3.63, 3.8) is 0 Å². The van der Waals surface area contributed by atoms with Crippen molar-refractivity contribution in [2.75, 3.05) is 26.2 Å². The predicted molar refractivity (Wildman–Crippen MR) is 64.4 cm³/mol. The highest BCUT2D eigenvalue weighted by Gasteiger charge is 2.12. The van der Waals surface area contributed by atoms with Crippen LogP contribution < -0.4 is 5.32 Å². The number of aromatic nitrogens is 1. The van der Waals surface area contributed by atoms with E-state index < -0.39 is 0 Å². The molecule has 2 rings (SSSR count). The van der Waals surface area contributed by atoms with Crippen molar-refractivity contribution in [1.29, 1.82) is 0 Å². The van der Waals surface area contributed by atoms with Crippen molar-refractivity contribution in [1.82, 2.24) is 15.2 Å². The zero-order valence-corrected chi connectivity index (χ0v) is 10.4. The highest BCUT2D eigenvalue weighted by molar-refractivity contribution is 7.11. The third-order valence-electron chi connectivity index (χ3n) is 2.80. The monoisotopic (exact) mass is 225 g/mol. The van der Waals surface area contributed by atoms with Gasteiger partial charge in [0, 0.05) is 24.5 Å². The molecule has 4 heteroatoms. The Labute approximate surface area is 95.5 Å². The first-order valence-electron chi connectivity index (χ1n) is 5.61. The summed E-state index contributed by atoms with van der Waals surface area (Å²) in [5.41, 5.74) is 1.22. The van der Waals surface area contributed by atoms with Gasteiger partial charge in [-0.1, -0.05) is 0 Å². The van der Waals surface area contributed by atoms with Crippen molar-refractivity contribution in [3.05, 3.63) is 15.6 Å². The highest BCUT2D eigenvalue weighted by Crippen LogP contribution is 2.19. The van der Waals surface area contributed by atoms with Gasteiger partial charge in [-0.3, -0.25) is 4.90 Å². The SMILES string of the molecule is Cc1nc(C)c(CN2CCCNCC2)s1. The molecule has 2 heterocycles. The van der Waals surface area contributed by atoms with E-state index >= 15 is 0 Å². The first-order valence-corrected chi connectivity index (χ1v) is 6.43. The molecule has 84 valence electrons. The van der Waals surface area contributed by atoms with Gasteiger partial charge in [0.2, 0.25) is 0 Å². The van der Waals surface area contributed by atoms with Crippen LogP contribution in [0.5, 0.6) is 0 Å². The van der Waals surface area contributed by atoms with Gasteiger partial charge < -0.3 is 5.32 Å². The molecule has 0 unspecified atom stereocenters. The van der Waals surface area contributed by atoms with E-state index in [0.717, 1.165) is 26.2 Å². The van der Waals surface area contributed by atoms with Crippen molar-refractivity contribution >= 4 is 11.3 Å². The lowest BCUT2D eigenvalue weighted by molar-refractivity contribution is 0.286. The van der Waals surface area contributed by atoms with Gasteiger partial charge in [-0.05, 0) is 33.4 Å². The predicted octanol–water partition coefficient (Wildman–Crippen LogP) is 1.56. The first kappa shape index (κ1) is 11.0. The summed E-state index contributed by atoms with van der Waals surface area (Å²) < 4.78 is 0. The average molecular weight is 225 g/mol. The molecule has 1 fully saturated rings. The summed E-state index contributed by atoms with van der Waals surface area (Å²) in [6, 6.07) is 0. The zero-order valence-electron chi connectivity index (χ0n) is 9.55. The minimum absolute atomic E-state index is 1.08. The molecule has 0 aliphatic carbocycles. The fourth-order valence-corrected chi connectivity index (χ4v) is 2.96. The van der Waals surface area contributed by atoms with Crippen molar-refractivity contribution in [2.45, 2.75) is 26.8 Å². The van der Waals surface area contributed by atoms with E-state index in [4.69, 9.17) is 0 Å². The van der Waals surface area contributed by atoms with E-state index in [-0.39, 0.29) is 0 Å². The number of rotatable bonds is 2. The molecule has 0 amide bonds. The number of hydrogen-bond acceptors (Lipinski definition) is 4. The molecule has 1 aliphatic heterocycles. The van der Waals surface area contributed by atoms with Crippen LogP contribution in [-0.2, 0) is 6.54 Å². The second-order valence-corrected chi connectivity index (χ2v) is 5.41. The van der Waals surface area contributed by atoms with Crippen LogP contribution in [0.2, 0.25) is 0 Å². The number of thiazole rings is 1. The second-order valence-electron chi connectivity index (χ2n) is 4.12. The van der Waals surface area contributed by atoms with Gasteiger partial charge in [-0.2, -0.15) is 0 Å². The molecule has 1 aromatic rings. The lowest BCUT2D eigenvalue weighted by Crippen LogP contribution is -2.27.